The summed E-state index contributed by atoms with van der Waals surface area (Å²) in [5, 5.41) is 5.43. The predicted octanol–water partition coefficient (Wildman–Crippen LogP) is 1.10. The van der Waals surface area contributed by atoms with Crippen LogP contribution in [-0.4, -0.2) is 20.9 Å². The van der Waals surface area contributed by atoms with Gasteiger partial charge in [-0.1, -0.05) is 60.7 Å². The van der Waals surface area contributed by atoms with Crippen LogP contribution in [0.3, 0.4) is 0 Å². The molecule has 0 aliphatic rings. The summed E-state index contributed by atoms with van der Waals surface area (Å²) in [6.07, 6.45) is 2.52. The first kappa shape index (κ1) is 22.5. The van der Waals surface area contributed by atoms with Crippen LogP contribution in [0, 0.1) is 0 Å². The molecule has 2 aromatic carbocycles. The third kappa shape index (κ3) is 5.48. The van der Waals surface area contributed by atoms with E-state index in [1.54, 1.807) is 0 Å². The average Bonchev–Trinajstić information content (AvgIpc) is 2.82. The van der Waals surface area contributed by atoms with Crippen LogP contribution in [0.2, 0.25) is 0 Å². The lowest BCUT2D eigenvalue weighted by atomic mass is 10.1. The number of amides is 2. The van der Waals surface area contributed by atoms with Crippen molar-refractivity contribution in [1.82, 2.24) is 19.8 Å². The van der Waals surface area contributed by atoms with Crippen molar-refractivity contribution in [2.24, 2.45) is 14.1 Å². The molecule has 0 unspecified atom stereocenters. The Balaban J connectivity index is 1.90. The van der Waals surface area contributed by atoms with Gasteiger partial charge in [0, 0.05) is 33.4 Å². The first-order valence-electron chi connectivity index (χ1n) is 9.99. The number of nitrogens with zero attached hydrogens (tertiary/aromatic N) is 2. The molecule has 0 radical (unpaired) electrons. The topological polar surface area (TPSA) is 102 Å². The van der Waals surface area contributed by atoms with E-state index in [0.29, 0.717) is 0 Å². The Kier molecular flexibility index (Phi) is 7.17. The minimum atomic E-state index is -0.629. The summed E-state index contributed by atoms with van der Waals surface area (Å²) in [4.78, 5) is 50.3. The minimum absolute atomic E-state index is 0.0503. The second-order valence-electron chi connectivity index (χ2n) is 7.24. The molecule has 0 aliphatic carbocycles. The predicted molar refractivity (Wildman–Crippen MR) is 121 cm³/mol. The van der Waals surface area contributed by atoms with Crippen LogP contribution >= 0.6 is 0 Å². The Morgan fingerprint density at radius 3 is 1.75 bits per heavy atom. The van der Waals surface area contributed by atoms with Crippen molar-refractivity contribution < 1.29 is 9.59 Å². The standard InChI is InChI=1S/C24H24N4O4/c1-27-16-19(23(31)28(2)24(27)32)13-20(21(29)25-14-17-9-5-3-6-10-17)22(30)26-15-18-11-7-4-8-12-18/h3-13,16H,14-15H2,1-2H3,(H,25,29)(H,26,30). The van der Waals surface area contributed by atoms with Gasteiger partial charge in [-0.15, -0.1) is 0 Å². The third-order valence-electron chi connectivity index (χ3n) is 4.85. The molecular formula is C24H24N4O4. The van der Waals surface area contributed by atoms with Gasteiger partial charge in [-0.25, -0.2) is 4.79 Å². The fourth-order valence-corrected chi connectivity index (χ4v) is 3.07. The maximum absolute atomic E-state index is 12.9. The lowest BCUT2D eigenvalue weighted by Crippen LogP contribution is -2.38. The van der Waals surface area contributed by atoms with Crippen LogP contribution in [0.5, 0.6) is 0 Å². The molecule has 2 amide bonds. The number of benzene rings is 2. The van der Waals surface area contributed by atoms with E-state index in [9.17, 15) is 19.2 Å². The summed E-state index contributed by atoms with van der Waals surface area (Å²) in [5.41, 5.74) is 0.445. The highest BCUT2D eigenvalue weighted by Crippen LogP contribution is 2.06. The maximum Gasteiger partial charge on any atom is 0.330 e. The van der Waals surface area contributed by atoms with Crippen LogP contribution in [0.1, 0.15) is 16.7 Å². The lowest BCUT2D eigenvalue weighted by Gasteiger charge is -2.11. The Hall–Kier alpha value is -4.20. The molecule has 8 heteroatoms. The van der Waals surface area contributed by atoms with Gasteiger partial charge in [-0.05, 0) is 17.2 Å². The van der Waals surface area contributed by atoms with Crippen molar-refractivity contribution in [3.05, 3.63) is 110 Å². The summed E-state index contributed by atoms with van der Waals surface area (Å²) in [6, 6.07) is 18.5. The van der Waals surface area contributed by atoms with Gasteiger partial charge in [0.1, 0.15) is 5.57 Å². The molecule has 8 nitrogen and oxygen atoms in total. The molecule has 1 aromatic heterocycles. The summed E-state index contributed by atoms with van der Waals surface area (Å²) in [7, 11) is 2.83. The molecule has 0 bridgehead atoms. The van der Waals surface area contributed by atoms with E-state index >= 15 is 0 Å². The highest BCUT2D eigenvalue weighted by molar-refractivity contribution is 6.21. The fourth-order valence-electron chi connectivity index (χ4n) is 3.07. The quantitative estimate of drug-likeness (QED) is 0.332. The van der Waals surface area contributed by atoms with Crippen LogP contribution in [0.4, 0.5) is 0 Å². The number of aromatic nitrogens is 2. The molecule has 0 aliphatic heterocycles. The van der Waals surface area contributed by atoms with Crippen molar-refractivity contribution in [2.45, 2.75) is 13.1 Å². The molecule has 32 heavy (non-hydrogen) atoms. The van der Waals surface area contributed by atoms with Crippen molar-refractivity contribution in [3.8, 4) is 0 Å². The van der Waals surface area contributed by atoms with Gasteiger partial charge in [-0.3, -0.25) is 19.0 Å². The van der Waals surface area contributed by atoms with E-state index in [1.165, 1.54) is 30.9 Å². The Morgan fingerprint density at radius 2 is 1.28 bits per heavy atom. The van der Waals surface area contributed by atoms with E-state index in [2.05, 4.69) is 10.6 Å². The summed E-state index contributed by atoms with van der Waals surface area (Å²) >= 11 is 0. The van der Waals surface area contributed by atoms with Crippen LogP contribution < -0.4 is 21.9 Å². The smallest absolute Gasteiger partial charge is 0.330 e. The molecule has 0 saturated carbocycles. The summed E-state index contributed by atoms with van der Waals surface area (Å²) in [5.74, 6) is -1.26. The van der Waals surface area contributed by atoms with Crippen molar-refractivity contribution in [1.29, 1.82) is 0 Å². The van der Waals surface area contributed by atoms with Gasteiger partial charge in [0.15, 0.2) is 0 Å². The Morgan fingerprint density at radius 1 is 0.812 bits per heavy atom. The normalized spacial score (nSPS) is 10.3. The van der Waals surface area contributed by atoms with Gasteiger partial charge in [0.05, 0.1) is 5.56 Å². The van der Waals surface area contributed by atoms with Crippen molar-refractivity contribution >= 4 is 17.9 Å². The van der Waals surface area contributed by atoms with E-state index in [1.807, 2.05) is 60.7 Å². The van der Waals surface area contributed by atoms with E-state index in [-0.39, 0.29) is 24.2 Å². The SMILES string of the molecule is Cn1cc(C=C(C(=O)NCc2ccccc2)C(=O)NCc2ccccc2)c(=O)n(C)c1=O. The highest BCUT2D eigenvalue weighted by atomic mass is 16.2. The molecular weight excluding hydrogens is 408 g/mol. The number of hydrogen-bond donors (Lipinski definition) is 2. The van der Waals surface area contributed by atoms with Crippen LogP contribution in [0.25, 0.3) is 6.08 Å². The number of carbonyl (C=O) groups excluding carboxylic acids is 2. The number of aryl methyl sites for hydroxylation is 1. The maximum atomic E-state index is 12.9. The average molecular weight is 432 g/mol. The lowest BCUT2D eigenvalue weighted by molar-refractivity contribution is -0.123. The zero-order valence-corrected chi connectivity index (χ0v) is 17.9. The zero-order chi connectivity index (χ0) is 23.1. The largest absolute Gasteiger partial charge is 0.348 e. The Labute approximate surface area is 184 Å². The van der Waals surface area contributed by atoms with E-state index in [4.69, 9.17) is 0 Å². The zero-order valence-electron chi connectivity index (χ0n) is 17.9. The first-order valence-corrected chi connectivity index (χ1v) is 9.99. The monoisotopic (exact) mass is 432 g/mol. The molecule has 1 heterocycles. The van der Waals surface area contributed by atoms with Crippen molar-refractivity contribution in [2.75, 3.05) is 0 Å². The molecule has 0 atom stereocenters. The molecule has 2 N–H and O–H groups in total. The number of nitrogens with one attached hydrogen (secondary N) is 2. The first-order chi connectivity index (χ1) is 15.4. The van der Waals surface area contributed by atoms with Crippen molar-refractivity contribution in [3.63, 3.8) is 0 Å². The van der Waals surface area contributed by atoms with Gasteiger partial charge in [0.25, 0.3) is 17.4 Å². The summed E-state index contributed by atoms with van der Waals surface area (Å²) < 4.78 is 2.14. The molecule has 3 aromatic rings. The second-order valence-corrected chi connectivity index (χ2v) is 7.24. The second kappa shape index (κ2) is 10.2. The number of hydrogen-bond acceptors (Lipinski definition) is 4. The van der Waals surface area contributed by atoms with Gasteiger partial charge in [0.2, 0.25) is 0 Å². The molecule has 0 fully saturated rings. The van der Waals surface area contributed by atoms with Gasteiger partial charge < -0.3 is 15.2 Å². The van der Waals surface area contributed by atoms with Crippen LogP contribution in [0.15, 0.2) is 82.0 Å². The summed E-state index contributed by atoms with van der Waals surface area (Å²) in [6.45, 7) is 0.433. The van der Waals surface area contributed by atoms with Gasteiger partial charge >= 0.3 is 5.69 Å². The van der Waals surface area contributed by atoms with E-state index < -0.39 is 23.1 Å². The molecule has 164 valence electrons. The van der Waals surface area contributed by atoms with Gasteiger partial charge in [-0.2, -0.15) is 0 Å². The third-order valence-corrected chi connectivity index (χ3v) is 4.85. The number of carbonyl (C=O) groups is 2. The molecule has 3 rings (SSSR count). The molecule has 0 saturated heterocycles. The van der Waals surface area contributed by atoms with E-state index in [0.717, 1.165) is 15.7 Å². The highest BCUT2D eigenvalue weighted by Gasteiger charge is 2.19. The fraction of sp³-hybridized carbons (Fsp3) is 0.167. The molecule has 0 spiro atoms. The minimum Gasteiger partial charge on any atom is -0.348 e. The number of rotatable bonds is 7. The van der Waals surface area contributed by atoms with Crippen LogP contribution in [-0.2, 0) is 36.8 Å². The Bertz CT molecular complexity index is 1200.